The number of anilines is 2. The van der Waals surface area contributed by atoms with E-state index in [1.54, 1.807) is 7.11 Å². The molecule has 0 atom stereocenters. The zero-order chi connectivity index (χ0) is 21.5. The Morgan fingerprint density at radius 2 is 1.73 bits per heavy atom. The summed E-state index contributed by atoms with van der Waals surface area (Å²) < 4.78 is 11.8. The highest BCUT2D eigenvalue weighted by atomic mass is 16.5. The van der Waals surface area contributed by atoms with E-state index in [4.69, 9.17) is 15.2 Å². The largest absolute Gasteiger partial charge is 0.496 e. The van der Waals surface area contributed by atoms with E-state index in [1.807, 2.05) is 38.4 Å². The van der Waals surface area contributed by atoms with E-state index in [0.717, 1.165) is 52.4 Å². The van der Waals surface area contributed by atoms with Crippen LogP contribution in [0.3, 0.4) is 0 Å². The van der Waals surface area contributed by atoms with Gasteiger partial charge in [-0.1, -0.05) is 12.1 Å². The van der Waals surface area contributed by atoms with E-state index in [0.29, 0.717) is 5.75 Å². The summed E-state index contributed by atoms with van der Waals surface area (Å²) in [5.41, 5.74) is 11.6. The molecule has 1 aliphatic rings. The van der Waals surface area contributed by atoms with Crippen molar-refractivity contribution >= 4 is 11.6 Å². The van der Waals surface area contributed by atoms with Crippen LogP contribution < -0.4 is 20.1 Å². The van der Waals surface area contributed by atoms with E-state index in [-0.39, 0.29) is 11.5 Å². The van der Waals surface area contributed by atoms with Crippen molar-refractivity contribution in [1.29, 1.82) is 0 Å². The van der Waals surface area contributed by atoms with Crippen LogP contribution in [0.1, 0.15) is 25.8 Å². The highest BCUT2D eigenvalue weighted by molar-refractivity contribution is 5.75. The van der Waals surface area contributed by atoms with Gasteiger partial charge in [0.2, 0.25) is 5.95 Å². The molecular formula is C24H28N4O2. The van der Waals surface area contributed by atoms with Crippen LogP contribution in [-0.4, -0.2) is 36.8 Å². The molecule has 1 aliphatic heterocycles. The molecule has 0 saturated heterocycles. The number of hydrogen-bond acceptors (Lipinski definition) is 6. The summed E-state index contributed by atoms with van der Waals surface area (Å²) in [4.78, 5) is 11.0. The number of fused-ring (bicyclic) bond motifs is 1. The Morgan fingerprint density at radius 3 is 2.40 bits per heavy atom. The van der Waals surface area contributed by atoms with Crippen molar-refractivity contribution in [3.63, 3.8) is 0 Å². The van der Waals surface area contributed by atoms with Crippen molar-refractivity contribution in [3.8, 4) is 34.0 Å². The first-order valence-corrected chi connectivity index (χ1v) is 10.1. The summed E-state index contributed by atoms with van der Waals surface area (Å²) in [5.74, 6) is 1.81. The average molecular weight is 405 g/mol. The molecule has 6 heteroatoms. The fraction of sp³-hybridized carbons (Fsp3) is 0.333. The molecule has 0 fully saturated rings. The smallest absolute Gasteiger partial charge is 0.221 e. The van der Waals surface area contributed by atoms with Crippen LogP contribution in [-0.2, 0) is 6.42 Å². The number of ether oxygens (including phenoxy) is 2. The van der Waals surface area contributed by atoms with Gasteiger partial charge < -0.3 is 20.1 Å². The van der Waals surface area contributed by atoms with Gasteiger partial charge in [0.25, 0.3) is 0 Å². The zero-order valence-corrected chi connectivity index (χ0v) is 18.2. The van der Waals surface area contributed by atoms with Crippen molar-refractivity contribution < 1.29 is 9.47 Å². The second-order valence-electron chi connectivity index (χ2n) is 8.46. The van der Waals surface area contributed by atoms with Crippen LogP contribution in [0.15, 0.2) is 42.5 Å². The number of hydrogen-bond donors (Lipinski definition) is 1. The molecule has 0 aliphatic carbocycles. The summed E-state index contributed by atoms with van der Waals surface area (Å²) in [6.45, 7) is 4.21. The van der Waals surface area contributed by atoms with Gasteiger partial charge in [-0.2, -0.15) is 0 Å². The summed E-state index contributed by atoms with van der Waals surface area (Å²) in [5, 5.41) is 0. The van der Waals surface area contributed by atoms with Crippen LogP contribution in [0.25, 0.3) is 22.5 Å². The third kappa shape index (κ3) is 3.90. The summed E-state index contributed by atoms with van der Waals surface area (Å²) in [6, 6.07) is 14.2. The molecule has 0 unspecified atom stereocenters. The van der Waals surface area contributed by atoms with E-state index >= 15 is 0 Å². The van der Waals surface area contributed by atoms with Gasteiger partial charge in [-0.3, -0.25) is 0 Å². The summed E-state index contributed by atoms with van der Waals surface area (Å²) in [6.07, 6.45) is 1.90. The first kappa shape index (κ1) is 20.0. The Kier molecular flexibility index (Phi) is 5.02. The van der Waals surface area contributed by atoms with Gasteiger partial charge in [0.15, 0.2) is 0 Å². The SMILES string of the molecule is COc1cc2c(cc1-c1cc(-c3ccc(N(C)C)cc3)nc(N)n1)CCC(C)(C)O2. The van der Waals surface area contributed by atoms with E-state index in [2.05, 4.69) is 46.9 Å². The molecule has 2 heterocycles. The minimum absolute atomic E-state index is 0.176. The lowest BCUT2D eigenvalue weighted by Gasteiger charge is -2.33. The van der Waals surface area contributed by atoms with Crippen molar-refractivity contribution in [2.45, 2.75) is 32.3 Å². The summed E-state index contributed by atoms with van der Waals surface area (Å²) in [7, 11) is 5.69. The number of benzene rings is 2. The van der Waals surface area contributed by atoms with Crippen LogP contribution in [0.5, 0.6) is 11.5 Å². The number of aromatic nitrogens is 2. The molecule has 2 aromatic carbocycles. The molecule has 0 radical (unpaired) electrons. The normalized spacial score (nSPS) is 14.6. The second kappa shape index (κ2) is 7.52. The van der Waals surface area contributed by atoms with E-state index < -0.39 is 0 Å². The molecule has 4 rings (SSSR count). The van der Waals surface area contributed by atoms with Gasteiger partial charge in [0.05, 0.1) is 18.5 Å². The molecule has 2 N–H and O–H groups in total. The number of aryl methyl sites for hydroxylation is 1. The van der Waals surface area contributed by atoms with Gasteiger partial charge >= 0.3 is 0 Å². The topological polar surface area (TPSA) is 73.5 Å². The van der Waals surface area contributed by atoms with E-state index in [9.17, 15) is 0 Å². The Bertz CT molecular complexity index is 1080. The molecule has 1 aromatic heterocycles. The van der Waals surface area contributed by atoms with Gasteiger partial charge in [0, 0.05) is 37.0 Å². The van der Waals surface area contributed by atoms with Gasteiger partial charge in [0.1, 0.15) is 17.1 Å². The lowest BCUT2D eigenvalue weighted by atomic mass is 9.92. The third-order valence-corrected chi connectivity index (χ3v) is 5.46. The van der Waals surface area contributed by atoms with Crippen LogP contribution in [0.4, 0.5) is 11.6 Å². The van der Waals surface area contributed by atoms with Crippen LogP contribution in [0.2, 0.25) is 0 Å². The Balaban J connectivity index is 1.78. The standard InChI is InChI=1S/C24H28N4O2/c1-24(2)11-10-16-12-18(22(29-5)14-21(16)30-24)20-13-19(26-23(25)27-20)15-6-8-17(9-7-15)28(3)4/h6-9,12-14H,10-11H2,1-5H3,(H2,25,26,27). The van der Waals surface area contributed by atoms with Crippen molar-refractivity contribution in [2.75, 3.05) is 31.8 Å². The molecule has 6 nitrogen and oxygen atoms in total. The number of nitrogens with two attached hydrogens (primary N) is 1. The maximum atomic E-state index is 6.16. The maximum absolute atomic E-state index is 6.16. The number of nitrogen functional groups attached to an aromatic ring is 1. The van der Waals surface area contributed by atoms with Crippen molar-refractivity contribution in [3.05, 3.63) is 48.0 Å². The van der Waals surface area contributed by atoms with Crippen LogP contribution >= 0.6 is 0 Å². The monoisotopic (exact) mass is 404 g/mol. The molecule has 0 amide bonds. The molecule has 0 saturated carbocycles. The van der Waals surface area contributed by atoms with Crippen molar-refractivity contribution in [2.24, 2.45) is 0 Å². The molecule has 0 bridgehead atoms. The third-order valence-electron chi connectivity index (χ3n) is 5.46. The minimum atomic E-state index is -0.176. The Labute approximate surface area is 177 Å². The fourth-order valence-corrected chi connectivity index (χ4v) is 3.73. The van der Waals surface area contributed by atoms with Gasteiger partial charge in [-0.15, -0.1) is 0 Å². The lowest BCUT2D eigenvalue weighted by molar-refractivity contribution is 0.0844. The lowest BCUT2D eigenvalue weighted by Crippen LogP contribution is -2.32. The first-order chi connectivity index (χ1) is 14.3. The summed E-state index contributed by atoms with van der Waals surface area (Å²) >= 11 is 0. The molecular weight excluding hydrogens is 376 g/mol. The second-order valence-corrected chi connectivity index (χ2v) is 8.46. The van der Waals surface area contributed by atoms with Crippen LogP contribution in [0, 0.1) is 0 Å². The highest BCUT2D eigenvalue weighted by Gasteiger charge is 2.28. The zero-order valence-electron chi connectivity index (χ0n) is 18.2. The predicted octanol–water partition coefficient (Wildman–Crippen LogP) is 4.57. The van der Waals surface area contributed by atoms with Gasteiger partial charge in [-0.25, -0.2) is 9.97 Å². The number of rotatable bonds is 4. The average Bonchev–Trinajstić information content (AvgIpc) is 2.71. The minimum Gasteiger partial charge on any atom is -0.496 e. The van der Waals surface area contributed by atoms with Crippen molar-refractivity contribution in [1.82, 2.24) is 9.97 Å². The quantitative estimate of drug-likeness (QED) is 0.687. The first-order valence-electron chi connectivity index (χ1n) is 10.1. The molecule has 3 aromatic rings. The highest BCUT2D eigenvalue weighted by Crippen LogP contribution is 2.41. The Morgan fingerprint density at radius 1 is 1.03 bits per heavy atom. The number of nitrogens with zero attached hydrogens (tertiary/aromatic N) is 3. The predicted molar refractivity (Wildman–Crippen MR) is 121 cm³/mol. The molecule has 30 heavy (non-hydrogen) atoms. The van der Waals surface area contributed by atoms with E-state index in [1.165, 1.54) is 0 Å². The fourth-order valence-electron chi connectivity index (χ4n) is 3.73. The molecule has 0 spiro atoms. The molecule has 156 valence electrons. The number of methoxy groups -OCH3 is 1. The Hall–Kier alpha value is -3.28. The maximum Gasteiger partial charge on any atom is 0.221 e. The van der Waals surface area contributed by atoms with Gasteiger partial charge in [-0.05, 0) is 56.5 Å².